The highest BCUT2D eigenvalue weighted by Crippen LogP contribution is 2.32. The molecule has 0 saturated heterocycles. The fraction of sp³-hybridized carbons (Fsp3) is 1.00. The summed E-state index contributed by atoms with van der Waals surface area (Å²) < 4.78 is 0. The Balaban J connectivity index is 1.78. The van der Waals surface area contributed by atoms with Crippen LogP contribution in [0.2, 0.25) is 0 Å². The van der Waals surface area contributed by atoms with Crippen LogP contribution in [0.4, 0.5) is 0 Å². The summed E-state index contributed by atoms with van der Waals surface area (Å²) in [6.07, 6.45) is 11.9. The van der Waals surface area contributed by atoms with Gasteiger partial charge >= 0.3 is 0 Å². The quantitative estimate of drug-likeness (QED) is 0.754. The minimum absolute atomic E-state index is 0.0675. The van der Waals surface area contributed by atoms with Gasteiger partial charge in [-0.25, -0.2) is 0 Å². The molecule has 0 spiro atoms. The molecule has 2 nitrogen and oxygen atoms in total. The van der Waals surface area contributed by atoms with E-state index in [0.29, 0.717) is 12.6 Å². The Morgan fingerprint density at radius 1 is 1.19 bits per heavy atom. The van der Waals surface area contributed by atoms with Gasteiger partial charge in [0.05, 0.1) is 6.61 Å². The first kappa shape index (κ1) is 12.4. The molecule has 0 aromatic carbocycles. The molecule has 2 rings (SSSR count). The van der Waals surface area contributed by atoms with Crippen molar-refractivity contribution in [3.63, 3.8) is 0 Å². The summed E-state index contributed by atoms with van der Waals surface area (Å²) >= 11 is 0. The summed E-state index contributed by atoms with van der Waals surface area (Å²) in [5.74, 6) is 0.944. The van der Waals surface area contributed by atoms with Crippen LogP contribution in [0.1, 0.15) is 64.7 Å². The second-order valence-electron chi connectivity index (χ2n) is 6.08. The third-order valence-electron chi connectivity index (χ3n) is 4.58. The van der Waals surface area contributed by atoms with Crippen molar-refractivity contribution in [2.24, 2.45) is 5.92 Å². The SMILES string of the molecule is CC(CC1CCCC1)NC1(CO)CCCC1. The highest BCUT2D eigenvalue weighted by molar-refractivity contribution is 4.94. The van der Waals surface area contributed by atoms with Crippen molar-refractivity contribution >= 4 is 0 Å². The third kappa shape index (κ3) is 2.98. The van der Waals surface area contributed by atoms with E-state index in [9.17, 15) is 5.11 Å². The molecule has 16 heavy (non-hydrogen) atoms. The fourth-order valence-electron chi connectivity index (χ4n) is 3.73. The highest BCUT2D eigenvalue weighted by Gasteiger charge is 2.34. The lowest BCUT2D eigenvalue weighted by Crippen LogP contribution is -2.50. The topological polar surface area (TPSA) is 32.3 Å². The summed E-state index contributed by atoms with van der Waals surface area (Å²) in [7, 11) is 0. The average molecular weight is 225 g/mol. The van der Waals surface area contributed by atoms with Gasteiger partial charge in [-0.05, 0) is 32.1 Å². The predicted molar refractivity (Wildman–Crippen MR) is 67.5 cm³/mol. The summed E-state index contributed by atoms with van der Waals surface area (Å²) in [6.45, 7) is 2.62. The number of aliphatic hydroxyl groups excluding tert-OH is 1. The molecule has 2 fully saturated rings. The molecule has 0 radical (unpaired) electrons. The van der Waals surface area contributed by atoms with Crippen molar-refractivity contribution < 1.29 is 5.11 Å². The van der Waals surface area contributed by atoms with Crippen LogP contribution in [0.3, 0.4) is 0 Å². The molecule has 94 valence electrons. The fourth-order valence-corrected chi connectivity index (χ4v) is 3.73. The van der Waals surface area contributed by atoms with E-state index in [1.807, 2.05) is 0 Å². The number of aliphatic hydroxyl groups is 1. The molecule has 1 unspecified atom stereocenters. The average Bonchev–Trinajstić information content (AvgIpc) is 2.90. The molecular formula is C14H27NO. The number of rotatable bonds is 5. The first-order valence-electron chi connectivity index (χ1n) is 7.13. The summed E-state index contributed by atoms with van der Waals surface area (Å²) in [5, 5.41) is 13.3. The van der Waals surface area contributed by atoms with E-state index in [2.05, 4.69) is 12.2 Å². The number of nitrogens with one attached hydrogen (secondary N) is 1. The molecule has 0 aromatic rings. The Morgan fingerprint density at radius 2 is 1.81 bits per heavy atom. The van der Waals surface area contributed by atoms with Crippen molar-refractivity contribution in [3.05, 3.63) is 0 Å². The minimum atomic E-state index is 0.0675. The zero-order chi connectivity index (χ0) is 11.4. The second-order valence-corrected chi connectivity index (χ2v) is 6.08. The van der Waals surface area contributed by atoms with Crippen LogP contribution in [0.5, 0.6) is 0 Å². The van der Waals surface area contributed by atoms with Crippen LogP contribution in [0, 0.1) is 5.92 Å². The Bertz CT molecular complexity index is 205. The van der Waals surface area contributed by atoms with E-state index in [4.69, 9.17) is 0 Å². The molecule has 2 saturated carbocycles. The number of hydrogen-bond acceptors (Lipinski definition) is 2. The van der Waals surface area contributed by atoms with Gasteiger partial charge in [0.2, 0.25) is 0 Å². The maximum atomic E-state index is 9.56. The van der Waals surface area contributed by atoms with Crippen LogP contribution in [-0.2, 0) is 0 Å². The molecule has 0 amide bonds. The van der Waals surface area contributed by atoms with Gasteiger partial charge in [-0.2, -0.15) is 0 Å². The van der Waals surface area contributed by atoms with Crippen LogP contribution in [0.25, 0.3) is 0 Å². The molecule has 0 aliphatic heterocycles. The van der Waals surface area contributed by atoms with E-state index in [1.54, 1.807) is 0 Å². The molecule has 0 aromatic heterocycles. The van der Waals surface area contributed by atoms with Gasteiger partial charge < -0.3 is 10.4 Å². The Kier molecular flexibility index (Phi) is 4.26. The Hall–Kier alpha value is -0.0800. The van der Waals surface area contributed by atoms with E-state index in [-0.39, 0.29) is 5.54 Å². The maximum absolute atomic E-state index is 9.56. The lowest BCUT2D eigenvalue weighted by molar-refractivity contribution is 0.147. The molecule has 0 bridgehead atoms. The van der Waals surface area contributed by atoms with Crippen molar-refractivity contribution in [2.45, 2.75) is 76.3 Å². The van der Waals surface area contributed by atoms with E-state index < -0.39 is 0 Å². The first-order chi connectivity index (χ1) is 7.74. The summed E-state index contributed by atoms with van der Waals surface area (Å²) in [6, 6.07) is 0.577. The maximum Gasteiger partial charge on any atom is 0.0613 e. The van der Waals surface area contributed by atoms with Gasteiger partial charge in [-0.15, -0.1) is 0 Å². The van der Waals surface area contributed by atoms with Gasteiger partial charge in [0.25, 0.3) is 0 Å². The zero-order valence-corrected chi connectivity index (χ0v) is 10.7. The van der Waals surface area contributed by atoms with Gasteiger partial charge in [0.1, 0.15) is 0 Å². The smallest absolute Gasteiger partial charge is 0.0613 e. The molecule has 2 N–H and O–H groups in total. The van der Waals surface area contributed by atoms with E-state index in [1.165, 1.54) is 57.8 Å². The Labute approximate surface area is 99.8 Å². The predicted octanol–water partition coefficient (Wildman–Crippen LogP) is 2.85. The Morgan fingerprint density at radius 3 is 2.38 bits per heavy atom. The zero-order valence-electron chi connectivity index (χ0n) is 10.7. The van der Waals surface area contributed by atoms with E-state index >= 15 is 0 Å². The van der Waals surface area contributed by atoms with Crippen LogP contribution in [-0.4, -0.2) is 23.3 Å². The van der Waals surface area contributed by atoms with Crippen molar-refractivity contribution in [2.75, 3.05) is 6.61 Å². The van der Waals surface area contributed by atoms with Gasteiger partial charge in [0, 0.05) is 11.6 Å². The monoisotopic (exact) mass is 225 g/mol. The van der Waals surface area contributed by atoms with Gasteiger partial charge in [0.15, 0.2) is 0 Å². The standard InChI is InChI=1S/C14H27NO/c1-12(10-13-6-2-3-7-13)15-14(11-16)8-4-5-9-14/h12-13,15-16H,2-11H2,1H3. The normalized spacial score (nSPS) is 27.4. The molecule has 2 heteroatoms. The lowest BCUT2D eigenvalue weighted by atomic mass is 9.93. The van der Waals surface area contributed by atoms with Crippen molar-refractivity contribution in [3.8, 4) is 0 Å². The highest BCUT2D eigenvalue weighted by atomic mass is 16.3. The summed E-state index contributed by atoms with van der Waals surface area (Å²) in [4.78, 5) is 0. The molecule has 2 aliphatic rings. The second kappa shape index (κ2) is 5.50. The third-order valence-corrected chi connectivity index (χ3v) is 4.58. The minimum Gasteiger partial charge on any atom is -0.394 e. The number of hydrogen-bond donors (Lipinski definition) is 2. The molecule has 2 aliphatic carbocycles. The lowest BCUT2D eigenvalue weighted by Gasteiger charge is -2.33. The van der Waals surface area contributed by atoms with Crippen molar-refractivity contribution in [1.29, 1.82) is 0 Å². The van der Waals surface area contributed by atoms with Crippen LogP contribution in [0.15, 0.2) is 0 Å². The summed E-state index contributed by atoms with van der Waals surface area (Å²) in [5.41, 5.74) is 0.0675. The first-order valence-corrected chi connectivity index (χ1v) is 7.13. The van der Waals surface area contributed by atoms with Crippen LogP contribution >= 0.6 is 0 Å². The van der Waals surface area contributed by atoms with Gasteiger partial charge in [-0.1, -0.05) is 38.5 Å². The molecular weight excluding hydrogens is 198 g/mol. The van der Waals surface area contributed by atoms with Crippen molar-refractivity contribution in [1.82, 2.24) is 5.32 Å². The van der Waals surface area contributed by atoms with Gasteiger partial charge in [-0.3, -0.25) is 0 Å². The van der Waals surface area contributed by atoms with E-state index in [0.717, 1.165) is 5.92 Å². The molecule has 0 heterocycles. The largest absolute Gasteiger partial charge is 0.394 e. The van der Waals surface area contributed by atoms with Crippen LogP contribution < -0.4 is 5.32 Å². The molecule has 1 atom stereocenters.